The SMILES string of the molecule is N/C=C\Nc1cc(Nc2nc(NC3CCCC[C@@H]3N)ncc2C(N)=O)ccc1C(F)(F)F. The molecular formula is C20H25F3N8O. The summed E-state index contributed by atoms with van der Waals surface area (Å²) in [5, 5.41) is 8.51. The molecule has 12 heteroatoms. The van der Waals surface area contributed by atoms with Gasteiger partial charge in [0.1, 0.15) is 11.4 Å². The van der Waals surface area contributed by atoms with Gasteiger partial charge in [-0.05, 0) is 31.0 Å². The highest BCUT2D eigenvalue weighted by Gasteiger charge is 2.33. The normalized spacial score (nSPS) is 19.0. The van der Waals surface area contributed by atoms with Crippen molar-refractivity contribution in [1.82, 2.24) is 9.97 Å². The highest BCUT2D eigenvalue weighted by molar-refractivity contribution is 5.98. The van der Waals surface area contributed by atoms with Gasteiger partial charge < -0.3 is 33.2 Å². The molecule has 1 heterocycles. The standard InChI is InChI=1S/C20H25F3N8O/c21-20(22,23)13-6-5-11(9-16(13)27-8-7-24)29-18-12(17(26)32)10-28-19(31-18)30-15-4-2-1-3-14(15)25/h5-10,14-15,27H,1-4,24-25H2,(H2,26,32)(H2,28,29,30,31)/b8-7-/t14-,15?/m0/s1. The molecule has 1 aliphatic carbocycles. The molecule has 1 unspecified atom stereocenters. The van der Waals surface area contributed by atoms with Crippen molar-refractivity contribution in [3.05, 3.63) is 47.9 Å². The zero-order chi connectivity index (χ0) is 23.3. The summed E-state index contributed by atoms with van der Waals surface area (Å²) in [6.07, 6.45) is 2.73. The molecule has 9 nitrogen and oxygen atoms in total. The Bertz CT molecular complexity index is 995. The number of anilines is 4. The minimum atomic E-state index is -4.58. The molecule has 0 bridgehead atoms. The van der Waals surface area contributed by atoms with Gasteiger partial charge in [-0.1, -0.05) is 12.8 Å². The summed E-state index contributed by atoms with van der Waals surface area (Å²) in [5.41, 5.74) is 15.9. The predicted molar refractivity (Wildman–Crippen MR) is 116 cm³/mol. The summed E-state index contributed by atoms with van der Waals surface area (Å²) in [6.45, 7) is 0. The van der Waals surface area contributed by atoms with Crippen molar-refractivity contribution >= 4 is 29.0 Å². The third-order valence-corrected chi connectivity index (χ3v) is 5.11. The minimum Gasteiger partial charge on any atom is -0.403 e. The van der Waals surface area contributed by atoms with Crippen LogP contribution in [-0.4, -0.2) is 28.0 Å². The van der Waals surface area contributed by atoms with Crippen molar-refractivity contribution in [2.75, 3.05) is 16.0 Å². The first kappa shape index (κ1) is 23.1. The fourth-order valence-corrected chi connectivity index (χ4v) is 3.49. The van der Waals surface area contributed by atoms with E-state index >= 15 is 0 Å². The number of rotatable bonds is 7. The third-order valence-electron chi connectivity index (χ3n) is 5.11. The molecule has 2 aromatic rings. The van der Waals surface area contributed by atoms with Crippen molar-refractivity contribution in [1.29, 1.82) is 0 Å². The highest BCUT2D eigenvalue weighted by atomic mass is 19.4. The molecule has 0 spiro atoms. The fraction of sp³-hybridized carbons (Fsp3) is 0.350. The first-order valence-electron chi connectivity index (χ1n) is 9.99. The molecular weight excluding hydrogens is 425 g/mol. The summed E-state index contributed by atoms with van der Waals surface area (Å²) in [7, 11) is 0. The van der Waals surface area contributed by atoms with E-state index in [1.807, 2.05) is 0 Å². The maximum atomic E-state index is 13.3. The lowest BCUT2D eigenvalue weighted by Gasteiger charge is -2.29. The lowest BCUT2D eigenvalue weighted by atomic mass is 9.91. The van der Waals surface area contributed by atoms with E-state index in [1.54, 1.807) is 0 Å². The van der Waals surface area contributed by atoms with E-state index in [9.17, 15) is 18.0 Å². The van der Waals surface area contributed by atoms with Gasteiger partial charge in [-0.3, -0.25) is 4.79 Å². The van der Waals surface area contributed by atoms with Crippen LogP contribution in [-0.2, 0) is 6.18 Å². The van der Waals surface area contributed by atoms with Gasteiger partial charge in [0.2, 0.25) is 5.95 Å². The second-order valence-electron chi connectivity index (χ2n) is 7.41. The molecule has 1 aromatic carbocycles. The van der Waals surface area contributed by atoms with Gasteiger partial charge in [0.05, 0.1) is 11.3 Å². The van der Waals surface area contributed by atoms with Gasteiger partial charge in [0, 0.05) is 36.4 Å². The highest BCUT2D eigenvalue weighted by Crippen LogP contribution is 2.37. The summed E-state index contributed by atoms with van der Waals surface area (Å²) in [6, 6.07) is 3.26. The van der Waals surface area contributed by atoms with Crippen LogP contribution >= 0.6 is 0 Å². The molecule has 32 heavy (non-hydrogen) atoms. The van der Waals surface area contributed by atoms with Crippen molar-refractivity contribution in [3.8, 4) is 0 Å². The van der Waals surface area contributed by atoms with Gasteiger partial charge in [-0.15, -0.1) is 0 Å². The summed E-state index contributed by atoms with van der Waals surface area (Å²) in [5.74, 6) is -0.500. The average Bonchev–Trinajstić information content (AvgIpc) is 2.73. The van der Waals surface area contributed by atoms with E-state index in [-0.39, 0.29) is 40.8 Å². The van der Waals surface area contributed by atoms with Crippen LogP contribution in [0.1, 0.15) is 41.6 Å². The number of hydrogen-bond donors (Lipinski definition) is 6. The minimum absolute atomic E-state index is 0.0141. The van der Waals surface area contributed by atoms with Crippen LogP contribution in [0, 0.1) is 0 Å². The van der Waals surface area contributed by atoms with Crippen LogP contribution in [0.2, 0.25) is 0 Å². The number of alkyl halides is 3. The average molecular weight is 450 g/mol. The van der Waals surface area contributed by atoms with Crippen LogP contribution in [0.3, 0.4) is 0 Å². The number of benzene rings is 1. The molecule has 1 fully saturated rings. The number of amides is 1. The van der Waals surface area contributed by atoms with Crippen molar-refractivity contribution in [2.45, 2.75) is 43.9 Å². The zero-order valence-electron chi connectivity index (χ0n) is 17.1. The number of nitrogens with one attached hydrogen (secondary N) is 3. The molecule has 1 aromatic heterocycles. The maximum absolute atomic E-state index is 13.3. The summed E-state index contributed by atoms with van der Waals surface area (Å²) >= 11 is 0. The van der Waals surface area contributed by atoms with Crippen LogP contribution in [0.15, 0.2) is 36.8 Å². The second-order valence-corrected chi connectivity index (χ2v) is 7.41. The van der Waals surface area contributed by atoms with Crippen LogP contribution in [0.4, 0.5) is 36.3 Å². The number of nitrogens with zero attached hydrogens (tertiary/aromatic N) is 2. The molecule has 2 atom stereocenters. The Labute approximate surface area is 182 Å². The smallest absolute Gasteiger partial charge is 0.403 e. The van der Waals surface area contributed by atoms with Crippen molar-refractivity contribution < 1.29 is 18.0 Å². The molecule has 3 rings (SSSR count). The van der Waals surface area contributed by atoms with Gasteiger partial charge >= 0.3 is 6.18 Å². The predicted octanol–water partition coefficient (Wildman–Crippen LogP) is 2.86. The van der Waals surface area contributed by atoms with Gasteiger partial charge in [-0.2, -0.15) is 18.2 Å². The Morgan fingerprint density at radius 2 is 1.97 bits per heavy atom. The van der Waals surface area contributed by atoms with E-state index in [2.05, 4.69) is 25.9 Å². The van der Waals surface area contributed by atoms with Gasteiger partial charge in [0.25, 0.3) is 5.91 Å². The molecule has 9 N–H and O–H groups in total. The maximum Gasteiger partial charge on any atom is 0.418 e. The van der Waals surface area contributed by atoms with Crippen LogP contribution in [0.5, 0.6) is 0 Å². The topological polar surface area (TPSA) is 157 Å². The lowest BCUT2D eigenvalue weighted by molar-refractivity contribution is -0.136. The van der Waals surface area contributed by atoms with E-state index in [0.29, 0.717) is 0 Å². The zero-order valence-corrected chi connectivity index (χ0v) is 17.1. The van der Waals surface area contributed by atoms with Gasteiger partial charge in [0.15, 0.2) is 0 Å². The largest absolute Gasteiger partial charge is 0.418 e. The monoisotopic (exact) mass is 450 g/mol. The molecule has 0 aliphatic heterocycles. The van der Waals surface area contributed by atoms with E-state index in [4.69, 9.17) is 17.2 Å². The Morgan fingerprint density at radius 1 is 1.22 bits per heavy atom. The third kappa shape index (κ3) is 5.58. The van der Waals surface area contributed by atoms with E-state index < -0.39 is 17.6 Å². The fourth-order valence-electron chi connectivity index (χ4n) is 3.49. The molecule has 0 radical (unpaired) electrons. The number of primary amides is 1. The lowest BCUT2D eigenvalue weighted by Crippen LogP contribution is -2.43. The van der Waals surface area contributed by atoms with E-state index in [0.717, 1.165) is 37.9 Å². The second kappa shape index (κ2) is 9.73. The molecule has 172 valence electrons. The molecule has 1 saturated carbocycles. The van der Waals surface area contributed by atoms with Crippen molar-refractivity contribution in [3.63, 3.8) is 0 Å². The Balaban J connectivity index is 1.91. The first-order valence-corrected chi connectivity index (χ1v) is 9.99. The molecule has 1 amide bonds. The summed E-state index contributed by atoms with van der Waals surface area (Å²) < 4.78 is 39.9. The Hall–Kier alpha value is -3.54. The number of hydrogen-bond acceptors (Lipinski definition) is 8. The Kier molecular flexibility index (Phi) is 7.03. The van der Waals surface area contributed by atoms with Crippen LogP contribution < -0.4 is 33.2 Å². The number of nitrogens with two attached hydrogens (primary N) is 3. The number of carbonyl (C=O) groups excluding carboxylic acids is 1. The quantitative estimate of drug-likeness (QED) is 0.376. The summed E-state index contributed by atoms with van der Waals surface area (Å²) in [4.78, 5) is 20.3. The number of aromatic nitrogens is 2. The molecule has 0 saturated heterocycles. The molecule has 1 aliphatic rings. The number of carbonyl (C=O) groups is 1. The van der Waals surface area contributed by atoms with Crippen molar-refractivity contribution in [2.24, 2.45) is 17.2 Å². The first-order chi connectivity index (χ1) is 15.2. The number of halogens is 3. The van der Waals surface area contributed by atoms with Crippen LogP contribution in [0.25, 0.3) is 0 Å². The van der Waals surface area contributed by atoms with Gasteiger partial charge in [-0.25, -0.2) is 4.98 Å². The van der Waals surface area contributed by atoms with E-state index in [1.165, 1.54) is 24.5 Å². The Morgan fingerprint density at radius 3 is 2.62 bits per heavy atom.